The summed E-state index contributed by atoms with van der Waals surface area (Å²) < 4.78 is 12.4. The fourth-order valence-corrected chi connectivity index (χ4v) is 4.04. The Labute approximate surface area is 210 Å². The third kappa shape index (κ3) is 6.17. The molecule has 0 saturated carbocycles. The number of hydrogen-bond donors (Lipinski definition) is 1. The largest absolute Gasteiger partial charge is 0.467 e. The number of amides is 2. The molecule has 0 aliphatic carbocycles. The molecule has 1 atom stereocenters. The standard InChI is InChI=1S/C27H31N5O4/c1-3-35-16-7-15-31(25(33)19-32-24-10-5-4-9-23(24)29-30-32)26(21-13-11-20(2)12-14-21)27(34)28-18-22-8-6-17-36-22/h4-6,8-14,17,26H,3,7,15-16,18-19H2,1-2H3,(H,28,34)/t26-/m1/s1. The molecule has 0 spiro atoms. The van der Waals surface area contributed by atoms with Crippen molar-refractivity contribution in [2.75, 3.05) is 19.8 Å². The maximum Gasteiger partial charge on any atom is 0.247 e. The third-order valence-electron chi connectivity index (χ3n) is 5.89. The van der Waals surface area contributed by atoms with Gasteiger partial charge < -0.3 is 19.4 Å². The minimum atomic E-state index is -0.829. The Morgan fingerprint density at radius 1 is 1.11 bits per heavy atom. The van der Waals surface area contributed by atoms with Gasteiger partial charge >= 0.3 is 0 Å². The van der Waals surface area contributed by atoms with Crippen molar-refractivity contribution in [3.8, 4) is 0 Å². The number of nitrogens with one attached hydrogen (secondary N) is 1. The van der Waals surface area contributed by atoms with E-state index in [-0.39, 0.29) is 24.9 Å². The number of hydrogen-bond acceptors (Lipinski definition) is 6. The van der Waals surface area contributed by atoms with Crippen LogP contribution < -0.4 is 5.32 Å². The van der Waals surface area contributed by atoms with E-state index >= 15 is 0 Å². The highest BCUT2D eigenvalue weighted by atomic mass is 16.5. The molecular formula is C27H31N5O4. The molecule has 0 bridgehead atoms. The molecule has 2 aromatic carbocycles. The van der Waals surface area contributed by atoms with Gasteiger partial charge in [0, 0.05) is 19.8 Å². The summed E-state index contributed by atoms with van der Waals surface area (Å²) in [5, 5.41) is 11.3. The average molecular weight is 490 g/mol. The first kappa shape index (κ1) is 25.1. The summed E-state index contributed by atoms with van der Waals surface area (Å²) in [6.45, 7) is 5.52. The number of furan rings is 1. The third-order valence-corrected chi connectivity index (χ3v) is 5.89. The number of ether oxygens (including phenoxy) is 1. The van der Waals surface area contributed by atoms with Crippen LogP contribution in [0.4, 0.5) is 0 Å². The van der Waals surface area contributed by atoms with Crippen molar-refractivity contribution in [1.29, 1.82) is 0 Å². The normalized spacial score (nSPS) is 11.9. The Balaban J connectivity index is 1.63. The summed E-state index contributed by atoms with van der Waals surface area (Å²) in [5.41, 5.74) is 3.26. The summed E-state index contributed by atoms with van der Waals surface area (Å²) in [6.07, 6.45) is 2.15. The van der Waals surface area contributed by atoms with E-state index in [1.54, 1.807) is 28.0 Å². The quantitative estimate of drug-likeness (QED) is 0.305. The van der Waals surface area contributed by atoms with E-state index in [0.29, 0.717) is 37.5 Å². The van der Waals surface area contributed by atoms with Crippen LogP contribution in [-0.2, 0) is 27.4 Å². The van der Waals surface area contributed by atoms with Crippen molar-refractivity contribution in [3.63, 3.8) is 0 Å². The molecule has 0 aliphatic heterocycles. The molecule has 0 saturated heterocycles. The number of benzene rings is 2. The number of rotatable bonds is 12. The molecule has 4 aromatic rings. The number of carbonyl (C=O) groups is 2. The van der Waals surface area contributed by atoms with Crippen LogP contribution in [-0.4, -0.2) is 51.5 Å². The predicted octanol–water partition coefficient (Wildman–Crippen LogP) is 3.65. The van der Waals surface area contributed by atoms with Crippen LogP contribution in [0.25, 0.3) is 11.0 Å². The van der Waals surface area contributed by atoms with Gasteiger partial charge in [-0.25, -0.2) is 4.68 Å². The molecule has 0 fully saturated rings. The van der Waals surface area contributed by atoms with Crippen LogP contribution in [0.5, 0.6) is 0 Å². The van der Waals surface area contributed by atoms with Crippen molar-refractivity contribution in [3.05, 3.63) is 83.8 Å². The van der Waals surface area contributed by atoms with Crippen LogP contribution in [0.1, 0.15) is 36.3 Å². The number of nitrogens with zero attached hydrogens (tertiary/aromatic N) is 4. The lowest BCUT2D eigenvalue weighted by Crippen LogP contribution is -2.45. The number of fused-ring (bicyclic) bond motifs is 1. The molecule has 9 heteroatoms. The second-order valence-corrected chi connectivity index (χ2v) is 8.48. The van der Waals surface area contributed by atoms with Crippen molar-refractivity contribution in [2.45, 2.75) is 39.4 Å². The minimum absolute atomic E-state index is 0.0387. The smallest absolute Gasteiger partial charge is 0.247 e. The average Bonchev–Trinajstić information content (AvgIpc) is 3.56. The fourth-order valence-electron chi connectivity index (χ4n) is 4.04. The molecule has 2 aromatic heterocycles. The Morgan fingerprint density at radius 3 is 2.67 bits per heavy atom. The van der Waals surface area contributed by atoms with E-state index in [9.17, 15) is 9.59 Å². The van der Waals surface area contributed by atoms with Gasteiger partial charge in [-0.15, -0.1) is 5.10 Å². The highest BCUT2D eigenvalue weighted by molar-refractivity contribution is 5.89. The molecular weight excluding hydrogens is 458 g/mol. The first-order valence-electron chi connectivity index (χ1n) is 12.1. The Kier molecular flexibility index (Phi) is 8.46. The lowest BCUT2D eigenvalue weighted by Gasteiger charge is -2.31. The zero-order valence-corrected chi connectivity index (χ0v) is 20.6. The van der Waals surface area contributed by atoms with Crippen LogP contribution in [0.15, 0.2) is 71.3 Å². The lowest BCUT2D eigenvalue weighted by atomic mass is 10.0. The molecule has 2 heterocycles. The maximum atomic E-state index is 13.7. The van der Waals surface area contributed by atoms with Crippen LogP contribution >= 0.6 is 0 Å². The summed E-state index contributed by atoms with van der Waals surface area (Å²) >= 11 is 0. The van der Waals surface area contributed by atoms with Gasteiger partial charge in [-0.1, -0.05) is 47.2 Å². The molecule has 36 heavy (non-hydrogen) atoms. The van der Waals surface area contributed by atoms with E-state index in [1.807, 2.05) is 62.4 Å². The zero-order chi connectivity index (χ0) is 25.3. The van der Waals surface area contributed by atoms with Gasteiger partial charge in [-0.2, -0.15) is 0 Å². The minimum Gasteiger partial charge on any atom is -0.467 e. The molecule has 4 rings (SSSR count). The van der Waals surface area contributed by atoms with Crippen molar-refractivity contribution in [1.82, 2.24) is 25.2 Å². The maximum absolute atomic E-state index is 13.7. The summed E-state index contributed by atoms with van der Waals surface area (Å²) in [5.74, 6) is 0.110. The zero-order valence-electron chi connectivity index (χ0n) is 20.6. The van der Waals surface area contributed by atoms with Gasteiger partial charge in [-0.05, 0) is 50.1 Å². The monoisotopic (exact) mass is 489 g/mol. The van der Waals surface area contributed by atoms with E-state index < -0.39 is 6.04 Å². The number of carbonyl (C=O) groups excluding carboxylic acids is 2. The van der Waals surface area contributed by atoms with E-state index in [2.05, 4.69) is 15.6 Å². The summed E-state index contributed by atoms with van der Waals surface area (Å²) in [4.78, 5) is 28.9. The number of aryl methyl sites for hydroxylation is 1. The Morgan fingerprint density at radius 2 is 1.92 bits per heavy atom. The predicted molar refractivity (Wildman–Crippen MR) is 135 cm³/mol. The van der Waals surface area contributed by atoms with Crippen LogP contribution in [0, 0.1) is 6.92 Å². The topological polar surface area (TPSA) is 102 Å². The molecule has 188 valence electrons. The summed E-state index contributed by atoms with van der Waals surface area (Å²) in [6, 6.07) is 17.9. The second-order valence-electron chi connectivity index (χ2n) is 8.48. The van der Waals surface area contributed by atoms with Gasteiger partial charge in [-0.3, -0.25) is 9.59 Å². The van der Waals surface area contributed by atoms with Crippen LogP contribution in [0.3, 0.4) is 0 Å². The van der Waals surface area contributed by atoms with Gasteiger partial charge in [0.15, 0.2) is 0 Å². The van der Waals surface area contributed by atoms with E-state index in [1.165, 1.54) is 0 Å². The molecule has 0 radical (unpaired) electrons. The first-order valence-corrected chi connectivity index (χ1v) is 12.1. The Hall–Kier alpha value is -3.98. The summed E-state index contributed by atoms with van der Waals surface area (Å²) in [7, 11) is 0. The molecule has 0 unspecified atom stereocenters. The molecule has 1 N–H and O–H groups in total. The van der Waals surface area contributed by atoms with Crippen molar-refractivity contribution in [2.24, 2.45) is 0 Å². The molecule has 9 nitrogen and oxygen atoms in total. The lowest BCUT2D eigenvalue weighted by molar-refractivity contribution is -0.141. The van der Waals surface area contributed by atoms with Gasteiger partial charge in [0.25, 0.3) is 0 Å². The Bertz CT molecular complexity index is 1270. The van der Waals surface area contributed by atoms with Crippen LogP contribution in [0.2, 0.25) is 0 Å². The van der Waals surface area contributed by atoms with Gasteiger partial charge in [0.2, 0.25) is 11.8 Å². The van der Waals surface area contributed by atoms with E-state index in [0.717, 1.165) is 16.6 Å². The highest BCUT2D eigenvalue weighted by Gasteiger charge is 2.31. The van der Waals surface area contributed by atoms with Gasteiger partial charge in [0.1, 0.15) is 23.9 Å². The molecule has 0 aliphatic rings. The molecule has 2 amide bonds. The number of aromatic nitrogens is 3. The SMILES string of the molecule is CCOCCCN(C(=O)Cn1nnc2ccccc21)[C@@H](C(=O)NCc1ccco1)c1ccc(C)cc1. The van der Waals surface area contributed by atoms with Gasteiger partial charge in [0.05, 0.1) is 18.3 Å². The van der Waals surface area contributed by atoms with E-state index in [4.69, 9.17) is 9.15 Å². The number of para-hydroxylation sites is 1. The van der Waals surface area contributed by atoms with Crippen molar-refractivity contribution >= 4 is 22.8 Å². The fraction of sp³-hybridized carbons (Fsp3) is 0.333. The second kappa shape index (κ2) is 12.1. The first-order chi connectivity index (χ1) is 17.6. The highest BCUT2D eigenvalue weighted by Crippen LogP contribution is 2.24. The van der Waals surface area contributed by atoms with Crippen molar-refractivity contribution < 1.29 is 18.7 Å².